The summed E-state index contributed by atoms with van der Waals surface area (Å²) in [6, 6.07) is 16.0. The highest BCUT2D eigenvalue weighted by molar-refractivity contribution is 6.51. The maximum atomic E-state index is 13.2. The van der Waals surface area contributed by atoms with Crippen LogP contribution in [0.1, 0.15) is 46.9 Å². The molecule has 1 aliphatic rings. The van der Waals surface area contributed by atoms with Gasteiger partial charge in [0.2, 0.25) is 0 Å². The summed E-state index contributed by atoms with van der Waals surface area (Å²) in [7, 11) is 0. The van der Waals surface area contributed by atoms with Gasteiger partial charge in [-0.15, -0.1) is 0 Å². The topological polar surface area (TPSA) is 96.8 Å². The van der Waals surface area contributed by atoms with Crippen LogP contribution >= 0.6 is 0 Å². The van der Waals surface area contributed by atoms with Crippen molar-refractivity contribution in [1.29, 1.82) is 0 Å². The van der Waals surface area contributed by atoms with E-state index in [4.69, 9.17) is 4.74 Å². The van der Waals surface area contributed by atoms with Gasteiger partial charge in [-0.2, -0.15) is 0 Å². The molecule has 34 heavy (non-hydrogen) atoms. The van der Waals surface area contributed by atoms with Gasteiger partial charge in [-0.3, -0.25) is 19.5 Å². The van der Waals surface area contributed by atoms with Crippen LogP contribution in [0.25, 0.3) is 5.76 Å². The van der Waals surface area contributed by atoms with Crippen LogP contribution in [-0.2, 0) is 14.3 Å². The summed E-state index contributed by atoms with van der Waals surface area (Å²) in [5.74, 6) is -2.30. The Morgan fingerprint density at radius 2 is 1.68 bits per heavy atom. The van der Waals surface area contributed by atoms with Crippen molar-refractivity contribution >= 4 is 29.1 Å². The first-order valence-electron chi connectivity index (χ1n) is 10.9. The van der Waals surface area contributed by atoms with Crippen LogP contribution in [0.4, 0.5) is 5.69 Å². The number of Topliss-reactive ketones (excluding diaryl/α,β-unsaturated/α-hetero) is 1. The lowest BCUT2D eigenvalue weighted by Crippen LogP contribution is -2.29. The maximum absolute atomic E-state index is 13.2. The van der Waals surface area contributed by atoms with Gasteiger partial charge in [-0.05, 0) is 62.7 Å². The Morgan fingerprint density at radius 3 is 2.29 bits per heavy atom. The van der Waals surface area contributed by atoms with Gasteiger partial charge in [-0.25, -0.2) is 4.79 Å². The maximum Gasteiger partial charge on any atom is 0.338 e. The van der Waals surface area contributed by atoms with Crippen molar-refractivity contribution < 1.29 is 24.2 Å². The molecule has 0 radical (unpaired) electrons. The van der Waals surface area contributed by atoms with E-state index in [-0.39, 0.29) is 17.4 Å². The molecule has 2 heterocycles. The summed E-state index contributed by atoms with van der Waals surface area (Å²) in [6.45, 7) is 5.43. The number of aromatic nitrogens is 1. The second-order valence-electron chi connectivity index (χ2n) is 8.32. The number of hydrogen-bond acceptors (Lipinski definition) is 6. The van der Waals surface area contributed by atoms with E-state index in [9.17, 15) is 19.5 Å². The minimum Gasteiger partial charge on any atom is -0.507 e. The highest BCUT2D eigenvalue weighted by Gasteiger charge is 2.47. The zero-order valence-corrected chi connectivity index (χ0v) is 19.1. The third kappa shape index (κ3) is 4.32. The van der Waals surface area contributed by atoms with Gasteiger partial charge in [0.15, 0.2) is 0 Å². The normalized spacial score (nSPS) is 17.3. The van der Waals surface area contributed by atoms with E-state index < -0.39 is 23.7 Å². The Labute approximate surface area is 197 Å². The van der Waals surface area contributed by atoms with Crippen molar-refractivity contribution in [3.05, 3.63) is 101 Å². The Bertz CT molecular complexity index is 1280. The molecule has 2 aromatic carbocycles. The molecule has 1 aliphatic heterocycles. The minimum absolute atomic E-state index is 0.00917. The molecule has 1 unspecified atom stereocenters. The predicted octanol–water partition coefficient (Wildman–Crippen LogP) is 4.58. The van der Waals surface area contributed by atoms with E-state index in [0.29, 0.717) is 22.4 Å². The summed E-state index contributed by atoms with van der Waals surface area (Å²) in [4.78, 5) is 43.9. The van der Waals surface area contributed by atoms with Gasteiger partial charge in [0.25, 0.3) is 11.7 Å². The molecule has 1 N–H and O–H groups in total. The van der Waals surface area contributed by atoms with Crippen LogP contribution in [0.2, 0.25) is 0 Å². The number of anilines is 1. The number of amides is 1. The first-order chi connectivity index (χ1) is 16.3. The van der Waals surface area contributed by atoms with Crippen molar-refractivity contribution in [2.45, 2.75) is 32.9 Å². The number of rotatable bonds is 5. The van der Waals surface area contributed by atoms with Crippen molar-refractivity contribution in [3.63, 3.8) is 0 Å². The van der Waals surface area contributed by atoms with Crippen LogP contribution in [-0.4, -0.2) is 33.9 Å². The number of ketones is 1. The smallest absolute Gasteiger partial charge is 0.338 e. The van der Waals surface area contributed by atoms with E-state index in [2.05, 4.69) is 4.98 Å². The van der Waals surface area contributed by atoms with E-state index >= 15 is 0 Å². The molecule has 1 amide bonds. The Hall–Kier alpha value is -4.26. The number of nitrogens with zero attached hydrogens (tertiary/aromatic N) is 2. The van der Waals surface area contributed by atoms with Gasteiger partial charge < -0.3 is 9.84 Å². The van der Waals surface area contributed by atoms with Crippen molar-refractivity contribution in [2.24, 2.45) is 0 Å². The third-order valence-corrected chi connectivity index (χ3v) is 5.48. The highest BCUT2D eigenvalue weighted by Crippen LogP contribution is 2.42. The molecule has 1 saturated heterocycles. The number of esters is 1. The molecular weight excluding hydrogens is 432 g/mol. The zero-order chi connectivity index (χ0) is 24.4. The molecule has 1 atom stereocenters. The molecule has 172 valence electrons. The second kappa shape index (κ2) is 9.31. The fourth-order valence-corrected chi connectivity index (χ4v) is 3.96. The van der Waals surface area contributed by atoms with Crippen molar-refractivity contribution in [3.8, 4) is 0 Å². The van der Waals surface area contributed by atoms with Gasteiger partial charge in [-0.1, -0.05) is 29.8 Å². The molecule has 1 aromatic heterocycles. The van der Waals surface area contributed by atoms with Crippen molar-refractivity contribution in [2.75, 3.05) is 4.90 Å². The predicted molar refractivity (Wildman–Crippen MR) is 127 cm³/mol. The monoisotopic (exact) mass is 456 g/mol. The van der Waals surface area contributed by atoms with Gasteiger partial charge in [0.05, 0.1) is 23.3 Å². The first-order valence-corrected chi connectivity index (χ1v) is 10.9. The van der Waals surface area contributed by atoms with Crippen LogP contribution in [0.15, 0.2) is 78.6 Å². The Kier molecular flexibility index (Phi) is 6.27. The van der Waals surface area contributed by atoms with Gasteiger partial charge in [0, 0.05) is 23.6 Å². The summed E-state index contributed by atoms with van der Waals surface area (Å²) in [5, 5.41) is 11.1. The summed E-state index contributed by atoms with van der Waals surface area (Å²) >= 11 is 0. The van der Waals surface area contributed by atoms with Gasteiger partial charge in [0.1, 0.15) is 5.76 Å². The fraction of sp³-hybridized carbons (Fsp3) is 0.185. The van der Waals surface area contributed by atoms with Crippen LogP contribution in [0.5, 0.6) is 0 Å². The highest BCUT2D eigenvalue weighted by atomic mass is 16.5. The number of benzene rings is 2. The molecule has 1 fully saturated rings. The van der Waals surface area contributed by atoms with Crippen molar-refractivity contribution in [1.82, 2.24) is 4.98 Å². The zero-order valence-electron chi connectivity index (χ0n) is 19.1. The Morgan fingerprint density at radius 1 is 1.00 bits per heavy atom. The summed E-state index contributed by atoms with van der Waals surface area (Å²) < 4.78 is 5.22. The third-order valence-electron chi connectivity index (χ3n) is 5.48. The number of pyridine rings is 1. The lowest BCUT2D eigenvalue weighted by molar-refractivity contribution is -0.132. The van der Waals surface area contributed by atoms with Crippen LogP contribution in [0.3, 0.4) is 0 Å². The molecule has 0 bridgehead atoms. The number of ether oxygens (including phenoxy) is 1. The van der Waals surface area contributed by atoms with E-state index in [1.165, 1.54) is 17.3 Å². The largest absolute Gasteiger partial charge is 0.507 e. The lowest BCUT2D eigenvalue weighted by Gasteiger charge is -2.26. The average Bonchev–Trinajstić information content (AvgIpc) is 3.09. The van der Waals surface area contributed by atoms with E-state index in [1.54, 1.807) is 50.2 Å². The van der Waals surface area contributed by atoms with E-state index in [0.717, 1.165) is 5.56 Å². The molecule has 7 nitrogen and oxygen atoms in total. The SMILES string of the molecule is Cc1cccc(C2/C(=C(\O)c3ccncc3)C(=O)C(=O)N2c2ccc(C(=O)OC(C)C)cc2)c1. The molecule has 0 aliphatic carbocycles. The van der Waals surface area contributed by atoms with Crippen LogP contribution in [0, 0.1) is 6.92 Å². The standard InChI is InChI=1S/C27H24N2O5/c1-16(2)34-27(33)19-7-9-21(10-8-19)29-23(20-6-4-5-17(3)15-20)22(25(31)26(29)32)24(30)18-11-13-28-14-12-18/h4-16,23,30H,1-3H3/b24-22+. The number of carbonyl (C=O) groups is 3. The average molecular weight is 456 g/mol. The molecule has 4 rings (SSSR count). The number of aryl methyl sites for hydroxylation is 1. The minimum atomic E-state index is -0.846. The molecule has 7 heteroatoms. The van der Waals surface area contributed by atoms with Crippen LogP contribution < -0.4 is 4.90 Å². The first kappa shape index (κ1) is 22.9. The number of carbonyl (C=O) groups excluding carboxylic acids is 3. The van der Waals surface area contributed by atoms with Gasteiger partial charge >= 0.3 is 5.97 Å². The summed E-state index contributed by atoms with van der Waals surface area (Å²) in [6.07, 6.45) is 2.74. The lowest BCUT2D eigenvalue weighted by atomic mass is 9.94. The molecule has 0 saturated carbocycles. The fourth-order valence-electron chi connectivity index (χ4n) is 3.96. The Balaban J connectivity index is 1.84. The molecule has 0 spiro atoms. The number of aliphatic hydroxyl groups is 1. The molecular formula is C27H24N2O5. The second-order valence-corrected chi connectivity index (χ2v) is 8.32. The number of hydrogen-bond donors (Lipinski definition) is 1. The summed E-state index contributed by atoms with van der Waals surface area (Å²) in [5.41, 5.74) is 2.75. The van der Waals surface area contributed by atoms with E-state index in [1.807, 2.05) is 31.2 Å². The number of aliphatic hydroxyl groups excluding tert-OH is 1. The quantitative estimate of drug-likeness (QED) is 0.261. The molecule has 3 aromatic rings.